The number of hydrogen-bond donors (Lipinski definition) is 2. The summed E-state index contributed by atoms with van der Waals surface area (Å²) in [6, 6.07) is 16.7. The molecule has 24 heavy (non-hydrogen) atoms. The number of benzene rings is 2. The van der Waals surface area contributed by atoms with E-state index in [0.717, 1.165) is 12.0 Å². The second-order valence-electron chi connectivity index (χ2n) is 5.59. The van der Waals surface area contributed by atoms with Crippen LogP contribution in [0.5, 0.6) is 0 Å². The summed E-state index contributed by atoms with van der Waals surface area (Å²) in [5.74, 6) is -0.272. The molecule has 0 saturated heterocycles. The van der Waals surface area contributed by atoms with Gasteiger partial charge in [0.1, 0.15) is 0 Å². The first-order valence-corrected chi connectivity index (χ1v) is 8.25. The largest absolute Gasteiger partial charge is 0.356 e. The number of carbonyl (C=O) groups excluding carboxylic acids is 2. The summed E-state index contributed by atoms with van der Waals surface area (Å²) in [7, 11) is 0. The van der Waals surface area contributed by atoms with Crippen LogP contribution in [0.2, 0.25) is 5.02 Å². The van der Waals surface area contributed by atoms with Crippen molar-refractivity contribution >= 4 is 23.4 Å². The number of carbonyl (C=O) groups is 2. The Labute approximate surface area is 147 Å². The maximum Gasteiger partial charge on any atom is 0.222 e. The molecule has 126 valence electrons. The third-order valence-electron chi connectivity index (χ3n) is 3.62. The molecule has 2 rings (SSSR count). The zero-order chi connectivity index (χ0) is 17.4. The maximum atomic E-state index is 12.2. The van der Waals surface area contributed by atoms with E-state index in [4.69, 9.17) is 11.6 Å². The molecule has 0 saturated carbocycles. The van der Waals surface area contributed by atoms with Gasteiger partial charge in [-0.2, -0.15) is 0 Å². The second kappa shape index (κ2) is 9.08. The highest BCUT2D eigenvalue weighted by Crippen LogP contribution is 2.19. The first kappa shape index (κ1) is 18.0. The summed E-state index contributed by atoms with van der Waals surface area (Å²) in [4.78, 5) is 23.6. The van der Waals surface area contributed by atoms with Gasteiger partial charge in [-0.3, -0.25) is 9.59 Å². The molecule has 0 aliphatic carbocycles. The third-order valence-corrected chi connectivity index (χ3v) is 3.87. The molecule has 2 amide bonds. The van der Waals surface area contributed by atoms with Crippen molar-refractivity contribution in [3.8, 4) is 0 Å². The van der Waals surface area contributed by atoms with Gasteiger partial charge in [0.2, 0.25) is 11.8 Å². The molecule has 0 aromatic heterocycles. The molecule has 1 atom stereocenters. The van der Waals surface area contributed by atoms with Crippen LogP contribution in [0.4, 0.5) is 0 Å². The van der Waals surface area contributed by atoms with Crippen LogP contribution >= 0.6 is 11.6 Å². The standard InChI is InChI=1S/C19H21ClN2O2/c1-14(23)22-18(16-7-9-17(20)10-8-16)13-19(24)21-12-11-15-5-3-2-4-6-15/h2-10,18H,11-13H2,1H3,(H,21,24)(H,22,23). The SMILES string of the molecule is CC(=O)NC(CC(=O)NCCc1ccccc1)c1ccc(Cl)cc1. The highest BCUT2D eigenvalue weighted by atomic mass is 35.5. The van der Waals surface area contributed by atoms with Crippen molar-refractivity contribution in [3.63, 3.8) is 0 Å². The molecule has 0 spiro atoms. The van der Waals surface area contributed by atoms with Crippen LogP contribution in [0.15, 0.2) is 54.6 Å². The Hall–Kier alpha value is -2.33. The molecule has 2 aromatic rings. The monoisotopic (exact) mass is 344 g/mol. The van der Waals surface area contributed by atoms with E-state index in [-0.39, 0.29) is 24.3 Å². The molecule has 0 heterocycles. The summed E-state index contributed by atoms with van der Waals surface area (Å²) < 4.78 is 0. The molecular formula is C19H21ClN2O2. The van der Waals surface area contributed by atoms with Gasteiger partial charge in [-0.05, 0) is 29.7 Å². The fraction of sp³-hybridized carbons (Fsp3) is 0.263. The lowest BCUT2D eigenvalue weighted by Crippen LogP contribution is -2.33. The van der Waals surface area contributed by atoms with Gasteiger partial charge >= 0.3 is 0 Å². The van der Waals surface area contributed by atoms with Crippen LogP contribution in [0.1, 0.15) is 30.5 Å². The van der Waals surface area contributed by atoms with E-state index in [9.17, 15) is 9.59 Å². The van der Waals surface area contributed by atoms with Crippen LogP contribution in [-0.2, 0) is 16.0 Å². The molecule has 0 radical (unpaired) electrons. The minimum absolute atomic E-state index is 0.0976. The van der Waals surface area contributed by atoms with Crippen LogP contribution in [0.3, 0.4) is 0 Å². The predicted molar refractivity (Wildman–Crippen MR) is 95.8 cm³/mol. The minimum Gasteiger partial charge on any atom is -0.356 e. The van der Waals surface area contributed by atoms with E-state index < -0.39 is 0 Å². The van der Waals surface area contributed by atoms with Gasteiger partial charge in [0.05, 0.1) is 12.5 Å². The molecule has 0 bridgehead atoms. The lowest BCUT2D eigenvalue weighted by atomic mass is 10.0. The molecule has 0 aliphatic heterocycles. The van der Waals surface area contributed by atoms with Crippen LogP contribution < -0.4 is 10.6 Å². The van der Waals surface area contributed by atoms with Crippen LogP contribution in [0, 0.1) is 0 Å². The van der Waals surface area contributed by atoms with E-state index >= 15 is 0 Å². The van der Waals surface area contributed by atoms with E-state index in [1.54, 1.807) is 12.1 Å². The molecule has 5 heteroatoms. The molecule has 2 aromatic carbocycles. The summed E-state index contributed by atoms with van der Waals surface area (Å²) in [6.07, 6.45) is 0.967. The smallest absolute Gasteiger partial charge is 0.222 e. The Morgan fingerprint density at radius 1 is 1.04 bits per heavy atom. The number of hydrogen-bond acceptors (Lipinski definition) is 2. The number of halogens is 1. The topological polar surface area (TPSA) is 58.2 Å². The quantitative estimate of drug-likeness (QED) is 0.810. The summed E-state index contributed by atoms with van der Waals surface area (Å²) in [6.45, 7) is 2.01. The lowest BCUT2D eigenvalue weighted by molar-refractivity contribution is -0.122. The Morgan fingerprint density at radius 3 is 2.33 bits per heavy atom. The molecule has 0 fully saturated rings. The number of nitrogens with one attached hydrogen (secondary N) is 2. The first-order chi connectivity index (χ1) is 11.5. The van der Waals surface area contributed by atoms with Crippen LogP contribution in [-0.4, -0.2) is 18.4 Å². The Morgan fingerprint density at radius 2 is 1.71 bits per heavy atom. The van der Waals surface area contributed by atoms with Crippen LogP contribution in [0.25, 0.3) is 0 Å². The van der Waals surface area contributed by atoms with Gasteiger partial charge < -0.3 is 10.6 Å². The van der Waals surface area contributed by atoms with Crippen molar-refractivity contribution in [1.82, 2.24) is 10.6 Å². The maximum absolute atomic E-state index is 12.2. The van der Waals surface area contributed by atoms with E-state index in [0.29, 0.717) is 11.6 Å². The summed E-state index contributed by atoms with van der Waals surface area (Å²) in [5.41, 5.74) is 2.03. The van der Waals surface area contributed by atoms with Crippen molar-refractivity contribution in [2.45, 2.75) is 25.8 Å². The lowest BCUT2D eigenvalue weighted by Gasteiger charge is -2.18. The summed E-state index contributed by atoms with van der Waals surface area (Å²) in [5, 5.41) is 6.33. The average molecular weight is 345 g/mol. The van der Waals surface area contributed by atoms with Crippen molar-refractivity contribution in [2.75, 3.05) is 6.54 Å². The minimum atomic E-state index is -0.364. The Bertz CT molecular complexity index is 672. The fourth-order valence-corrected chi connectivity index (χ4v) is 2.57. The highest BCUT2D eigenvalue weighted by molar-refractivity contribution is 6.30. The van der Waals surface area contributed by atoms with Gasteiger partial charge in [-0.15, -0.1) is 0 Å². The normalized spacial score (nSPS) is 11.6. The Balaban J connectivity index is 1.89. The number of amides is 2. The van der Waals surface area contributed by atoms with Crippen molar-refractivity contribution in [1.29, 1.82) is 0 Å². The Kier molecular flexibility index (Phi) is 6.82. The van der Waals surface area contributed by atoms with Crippen molar-refractivity contribution < 1.29 is 9.59 Å². The predicted octanol–water partition coefficient (Wildman–Crippen LogP) is 3.27. The highest BCUT2D eigenvalue weighted by Gasteiger charge is 2.16. The third kappa shape index (κ3) is 6.05. The van der Waals surface area contributed by atoms with Crippen molar-refractivity contribution in [2.24, 2.45) is 0 Å². The average Bonchev–Trinajstić information content (AvgIpc) is 2.55. The first-order valence-electron chi connectivity index (χ1n) is 7.88. The van der Waals surface area contributed by atoms with E-state index in [1.807, 2.05) is 42.5 Å². The van der Waals surface area contributed by atoms with Gasteiger partial charge in [0.15, 0.2) is 0 Å². The zero-order valence-electron chi connectivity index (χ0n) is 13.6. The fourth-order valence-electron chi connectivity index (χ4n) is 2.44. The van der Waals surface area contributed by atoms with Gasteiger partial charge in [0.25, 0.3) is 0 Å². The zero-order valence-corrected chi connectivity index (χ0v) is 14.3. The molecular weight excluding hydrogens is 324 g/mol. The molecule has 2 N–H and O–H groups in total. The molecule has 1 unspecified atom stereocenters. The molecule has 0 aliphatic rings. The summed E-state index contributed by atoms with van der Waals surface area (Å²) >= 11 is 5.89. The van der Waals surface area contributed by atoms with E-state index in [2.05, 4.69) is 10.6 Å². The number of rotatable bonds is 7. The second-order valence-corrected chi connectivity index (χ2v) is 6.03. The van der Waals surface area contributed by atoms with Crippen molar-refractivity contribution in [3.05, 3.63) is 70.7 Å². The molecule has 4 nitrogen and oxygen atoms in total. The van der Waals surface area contributed by atoms with Gasteiger partial charge in [-0.1, -0.05) is 54.1 Å². The van der Waals surface area contributed by atoms with Gasteiger partial charge in [0, 0.05) is 18.5 Å². The van der Waals surface area contributed by atoms with E-state index in [1.165, 1.54) is 12.5 Å². The van der Waals surface area contributed by atoms with Gasteiger partial charge in [-0.25, -0.2) is 0 Å².